The van der Waals surface area contributed by atoms with Crippen LogP contribution in [-0.4, -0.2) is 72.5 Å². The number of amides is 2. The molecule has 2 aliphatic rings. The van der Waals surface area contributed by atoms with E-state index < -0.39 is 0 Å². The van der Waals surface area contributed by atoms with Gasteiger partial charge >= 0.3 is 0 Å². The van der Waals surface area contributed by atoms with Crippen LogP contribution in [0, 0.1) is 0 Å². The van der Waals surface area contributed by atoms with Gasteiger partial charge in [0.1, 0.15) is 0 Å². The smallest absolute Gasteiger partial charge is 0.237 e. The predicted molar refractivity (Wildman–Crippen MR) is 86.5 cm³/mol. The first-order valence-corrected chi connectivity index (χ1v) is 8.59. The molecule has 1 aliphatic carbocycles. The normalized spacial score (nSPS) is 22.9. The molecule has 1 saturated heterocycles. The molecule has 2 rings (SSSR count). The minimum absolute atomic E-state index is 0.0769. The Morgan fingerprint density at radius 3 is 1.95 bits per heavy atom. The highest BCUT2D eigenvalue weighted by molar-refractivity contribution is 5.82. The predicted octanol–water partition coefficient (Wildman–Crippen LogP) is 0.186. The molecule has 0 aromatic heterocycles. The molecule has 6 heteroatoms. The van der Waals surface area contributed by atoms with Crippen LogP contribution in [0.3, 0.4) is 0 Å². The lowest BCUT2D eigenvalue weighted by molar-refractivity contribution is -0.129. The van der Waals surface area contributed by atoms with Crippen LogP contribution in [0.1, 0.15) is 40.0 Å². The van der Waals surface area contributed by atoms with E-state index >= 15 is 0 Å². The first kappa shape index (κ1) is 17.2. The summed E-state index contributed by atoms with van der Waals surface area (Å²) in [6.07, 6.45) is 3.20. The van der Waals surface area contributed by atoms with E-state index in [0.717, 1.165) is 52.0 Å². The maximum absolute atomic E-state index is 12.1. The number of hydrogen-bond donors (Lipinski definition) is 2. The lowest BCUT2D eigenvalue weighted by Crippen LogP contribution is -2.57. The molecule has 1 heterocycles. The Balaban J connectivity index is 1.74. The molecule has 1 saturated carbocycles. The van der Waals surface area contributed by atoms with Crippen LogP contribution in [0.4, 0.5) is 0 Å². The van der Waals surface area contributed by atoms with Gasteiger partial charge in [-0.2, -0.15) is 0 Å². The Kier molecular flexibility index (Phi) is 6.20. The molecule has 1 aliphatic heterocycles. The summed E-state index contributed by atoms with van der Waals surface area (Å²) >= 11 is 0. The second-order valence-electron chi connectivity index (χ2n) is 6.50. The van der Waals surface area contributed by atoms with E-state index in [1.54, 1.807) is 0 Å². The fourth-order valence-electron chi connectivity index (χ4n) is 2.79. The van der Waals surface area contributed by atoms with Crippen LogP contribution in [0.5, 0.6) is 0 Å². The summed E-state index contributed by atoms with van der Waals surface area (Å²) in [5.41, 5.74) is 0. The van der Waals surface area contributed by atoms with Crippen LogP contribution in [-0.2, 0) is 9.59 Å². The van der Waals surface area contributed by atoms with E-state index in [0.29, 0.717) is 6.04 Å². The maximum Gasteiger partial charge on any atom is 0.237 e. The molecule has 6 nitrogen and oxygen atoms in total. The van der Waals surface area contributed by atoms with Gasteiger partial charge in [0.2, 0.25) is 11.8 Å². The van der Waals surface area contributed by atoms with Gasteiger partial charge in [-0.15, -0.1) is 0 Å². The van der Waals surface area contributed by atoms with Crippen LogP contribution < -0.4 is 10.6 Å². The van der Waals surface area contributed by atoms with Crippen molar-refractivity contribution < 1.29 is 9.59 Å². The summed E-state index contributed by atoms with van der Waals surface area (Å²) in [4.78, 5) is 28.5. The number of rotatable bonds is 7. The van der Waals surface area contributed by atoms with Crippen LogP contribution >= 0.6 is 0 Å². The summed E-state index contributed by atoms with van der Waals surface area (Å²) in [6.45, 7) is 10.1. The van der Waals surface area contributed by atoms with Gasteiger partial charge in [-0.3, -0.25) is 19.4 Å². The molecule has 2 fully saturated rings. The van der Waals surface area contributed by atoms with Crippen molar-refractivity contribution in [3.8, 4) is 0 Å². The second-order valence-corrected chi connectivity index (χ2v) is 6.50. The quantitative estimate of drug-likeness (QED) is 0.704. The fraction of sp³-hybridized carbons (Fsp3) is 0.875. The molecular weight excluding hydrogens is 280 g/mol. The lowest BCUT2D eigenvalue weighted by Gasteiger charge is -2.39. The molecule has 2 unspecified atom stereocenters. The number of carbonyl (C=O) groups is 2. The number of hydrogen-bond acceptors (Lipinski definition) is 4. The van der Waals surface area contributed by atoms with Gasteiger partial charge in [0.05, 0.1) is 12.1 Å². The van der Waals surface area contributed by atoms with Crippen molar-refractivity contribution in [3.05, 3.63) is 0 Å². The second kappa shape index (κ2) is 7.92. The van der Waals surface area contributed by atoms with Crippen molar-refractivity contribution in [2.45, 2.75) is 58.2 Å². The molecule has 2 amide bonds. The van der Waals surface area contributed by atoms with Crippen molar-refractivity contribution in [1.82, 2.24) is 20.4 Å². The van der Waals surface area contributed by atoms with Gasteiger partial charge in [0, 0.05) is 38.8 Å². The van der Waals surface area contributed by atoms with Crippen molar-refractivity contribution in [1.29, 1.82) is 0 Å². The highest BCUT2D eigenvalue weighted by atomic mass is 16.2. The number of carbonyl (C=O) groups excluding carboxylic acids is 2. The monoisotopic (exact) mass is 310 g/mol. The Hall–Kier alpha value is -1.14. The fourth-order valence-corrected chi connectivity index (χ4v) is 2.79. The Morgan fingerprint density at radius 2 is 1.50 bits per heavy atom. The van der Waals surface area contributed by atoms with Crippen molar-refractivity contribution in [2.75, 3.05) is 32.7 Å². The number of piperazine rings is 1. The molecule has 0 bridgehead atoms. The van der Waals surface area contributed by atoms with Gasteiger partial charge in [-0.25, -0.2) is 0 Å². The minimum atomic E-state index is -0.0932. The maximum atomic E-state index is 12.1. The molecule has 0 spiro atoms. The van der Waals surface area contributed by atoms with Crippen molar-refractivity contribution >= 4 is 11.8 Å². The Labute approximate surface area is 133 Å². The van der Waals surface area contributed by atoms with E-state index in [-0.39, 0.29) is 23.9 Å². The van der Waals surface area contributed by atoms with Crippen molar-refractivity contribution in [3.63, 3.8) is 0 Å². The van der Waals surface area contributed by atoms with Crippen molar-refractivity contribution in [2.24, 2.45) is 0 Å². The van der Waals surface area contributed by atoms with Gasteiger partial charge < -0.3 is 10.6 Å². The Morgan fingerprint density at radius 1 is 1.00 bits per heavy atom. The summed E-state index contributed by atoms with van der Waals surface area (Å²) in [6, 6.07) is 0.245. The van der Waals surface area contributed by atoms with Crippen LogP contribution in [0.25, 0.3) is 0 Å². The van der Waals surface area contributed by atoms with Crippen LogP contribution in [0.2, 0.25) is 0 Å². The summed E-state index contributed by atoms with van der Waals surface area (Å²) in [5.74, 6) is 0.250. The standard InChI is InChI=1S/C16H30N4O2/c1-4-7-17-15(21)12(2)19-8-10-20(11-9-19)13(3)16(22)18-14-5-6-14/h12-14H,4-11H2,1-3H3,(H,17,21)(H,18,22). The third-order valence-electron chi connectivity index (χ3n) is 4.68. The molecule has 0 aromatic rings. The van der Waals surface area contributed by atoms with Gasteiger partial charge in [0.15, 0.2) is 0 Å². The summed E-state index contributed by atoms with van der Waals surface area (Å²) in [7, 11) is 0. The van der Waals surface area contributed by atoms with E-state index in [2.05, 4.69) is 27.4 Å². The molecule has 126 valence electrons. The largest absolute Gasteiger partial charge is 0.355 e. The Bertz CT molecular complexity index is 390. The van der Waals surface area contributed by atoms with E-state index in [9.17, 15) is 9.59 Å². The molecule has 2 N–H and O–H groups in total. The highest BCUT2D eigenvalue weighted by Gasteiger charge is 2.31. The zero-order valence-corrected chi connectivity index (χ0v) is 14.1. The zero-order valence-electron chi connectivity index (χ0n) is 14.1. The third kappa shape index (κ3) is 4.68. The first-order valence-electron chi connectivity index (χ1n) is 8.59. The van der Waals surface area contributed by atoms with E-state index in [1.165, 1.54) is 0 Å². The summed E-state index contributed by atoms with van der Waals surface area (Å²) in [5, 5.41) is 6.02. The number of nitrogens with one attached hydrogen (secondary N) is 2. The van der Waals surface area contributed by atoms with Gasteiger partial charge in [-0.05, 0) is 33.1 Å². The first-order chi connectivity index (χ1) is 10.5. The third-order valence-corrected chi connectivity index (χ3v) is 4.68. The average Bonchev–Trinajstić information content (AvgIpc) is 3.35. The SMILES string of the molecule is CCCNC(=O)C(C)N1CCN(C(C)C(=O)NC2CC2)CC1. The molecule has 22 heavy (non-hydrogen) atoms. The zero-order chi connectivity index (χ0) is 16.1. The topological polar surface area (TPSA) is 64.7 Å². The average molecular weight is 310 g/mol. The van der Waals surface area contributed by atoms with Crippen LogP contribution in [0.15, 0.2) is 0 Å². The number of nitrogens with zero attached hydrogens (tertiary/aromatic N) is 2. The van der Waals surface area contributed by atoms with Gasteiger partial charge in [-0.1, -0.05) is 6.92 Å². The van der Waals surface area contributed by atoms with E-state index in [4.69, 9.17) is 0 Å². The molecule has 0 radical (unpaired) electrons. The molecular formula is C16H30N4O2. The lowest BCUT2D eigenvalue weighted by atomic mass is 10.1. The van der Waals surface area contributed by atoms with E-state index in [1.807, 2.05) is 13.8 Å². The van der Waals surface area contributed by atoms with Gasteiger partial charge in [0.25, 0.3) is 0 Å². The minimum Gasteiger partial charge on any atom is -0.355 e. The highest BCUT2D eigenvalue weighted by Crippen LogP contribution is 2.19. The summed E-state index contributed by atoms with van der Waals surface area (Å²) < 4.78 is 0. The molecule has 2 atom stereocenters. The molecule has 0 aromatic carbocycles.